The van der Waals surface area contributed by atoms with Crippen LogP contribution in [0.4, 0.5) is 10.8 Å². The Kier molecular flexibility index (Phi) is 6.01. The van der Waals surface area contributed by atoms with Crippen molar-refractivity contribution in [2.24, 2.45) is 5.92 Å². The summed E-state index contributed by atoms with van der Waals surface area (Å²) in [6.07, 6.45) is 4.01. The third-order valence-corrected chi connectivity index (χ3v) is 7.31. The van der Waals surface area contributed by atoms with Crippen molar-refractivity contribution in [2.45, 2.75) is 38.6 Å². The Morgan fingerprint density at radius 2 is 2.21 bits per heavy atom. The van der Waals surface area contributed by atoms with E-state index in [1.54, 1.807) is 11.3 Å². The standard InChI is InChI=1S/C21H25N5OS2/c1-13-6-7-15(3)16(9-13)24-17(27)11-28-20-18-19(22-12-23-20)25-21(29-18)26-8-4-5-14(2)10-26/h6-7,9,12,14H,4-5,8,10-11H2,1-3H3,(H,24,27)/t14-/m1/s1. The van der Waals surface area contributed by atoms with E-state index in [2.05, 4.69) is 27.1 Å². The zero-order valence-corrected chi connectivity index (χ0v) is 18.6. The van der Waals surface area contributed by atoms with Gasteiger partial charge in [0, 0.05) is 18.8 Å². The number of rotatable bonds is 5. The van der Waals surface area contributed by atoms with E-state index in [4.69, 9.17) is 4.98 Å². The van der Waals surface area contributed by atoms with Gasteiger partial charge in [-0.25, -0.2) is 9.97 Å². The maximum atomic E-state index is 12.5. The van der Waals surface area contributed by atoms with Crippen LogP contribution in [0, 0.1) is 19.8 Å². The molecule has 0 saturated carbocycles. The molecule has 8 heteroatoms. The second-order valence-corrected chi connectivity index (χ2v) is 9.62. The highest BCUT2D eigenvalue weighted by molar-refractivity contribution is 8.00. The van der Waals surface area contributed by atoms with Crippen LogP contribution in [-0.2, 0) is 4.79 Å². The number of aromatic nitrogens is 3. The molecule has 3 heterocycles. The molecule has 0 aliphatic carbocycles. The van der Waals surface area contributed by atoms with Gasteiger partial charge in [-0.15, -0.1) is 0 Å². The quantitative estimate of drug-likeness (QED) is 0.471. The number of hydrogen-bond acceptors (Lipinski definition) is 7. The number of anilines is 2. The lowest BCUT2D eigenvalue weighted by Gasteiger charge is -2.30. The van der Waals surface area contributed by atoms with E-state index in [0.717, 1.165) is 50.4 Å². The molecule has 0 bridgehead atoms. The molecule has 1 N–H and O–H groups in total. The molecule has 4 rings (SSSR count). The number of fused-ring (bicyclic) bond motifs is 1. The van der Waals surface area contributed by atoms with Crippen LogP contribution in [0.15, 0.2) is 29.6 Å². The second kappa shape index (κ2) is 8.67. The van der Waals surface area contributed by atoms with Gasteiger partial charge in [0.05, 0.1) is 5.75 Å². The van der Waals surface area contributed by atoms with Crippen LogP contribution in [0.5, 0.6) is 0 Å². The molecule has 1 amide bonds. The molecule has 1 atom stereocenters. The lowest BCUT2D eigenvalue weighted by molar-refractivity contribution is -0.113. The summed E-state index contributed by atoms with van der Waals surface area (Å²) in [7, 11) is 0. The molecule has 2 aromatic heterocycles. The number of nitrogens with one attached hydrogen (secondary N) is 1. The molecule has 6 nitrogen and oxygen atoms in total. The van der Waals surface area contributed by atoms with Crippen molar-refractivity contribution in [3.05, 3.63) is 35.7 Å². The third kappa shape index (κ3) is 4.70. The topological polar surface area (TPSA) is 71.0 Å². The smallest absolute Gasteiger partial charge is 0.234 e. The number of piperidine rings is 1. The minimum atomic E-state index is -0.0370. The van der Waals surface area contributed by atoms with Crippen molar-refractivity contribution in [1.82, 2.24) is 15.0 Å². The van der Waals surface area contributed by atoms with Gasteiger partial charge >= 0.3 is 0 Å². The Morgan fingerprint density at radius 1 is 1.34 bits per heavy atom. The van der Waals surface area contributed by atoms with E-state index in [0.29, 0.717) is 11.7 Å². The van der Waals surface area contributed by atoms with Gasteiger partial charge < -0.3 is 10.2 Å². The summed E-state index contributed by atoms with van der Waals surface area (Å²) in [5.74, 6) is 0.947. The fourth-order valence-corrected chi connectivity index (χ4v) is 5.44. The summed E-state index contributed by atoms with van der Waals surface area (Å²) < 4.78 is 0.963. The second-order valence-electron chi connectivity index (χ2n) is 7.68. The normalized spacial score (nSPS) is 16.9. The molecule has 1 aliphatic heterocycles. The molecular formula is C21H25N5OS2. The van der Waals surface area contributed by atoms with Crippen LogP contribution in [0.1, 0.15) is 30.9 Å². The average Bonchev–Trinajstić information content (AvgIpc) is 3.14. The van der Waals surface area contributed by atoms with Gasteiger partial charge in [0.1, 0.15) is 16.1 Å². The minimum Gasteiger partial charge on any atom is -0.348 e. The highest BCUT2D eigenvalue weighted by atomic mass is 32.2. The predicted molar refractivity (Wildman–Crippen MR) is 121 cm³/mol. The summed E-state index contributed by atoms with van der Waals surface area (Å²) in [6, 6.07) is 6.06. The number of amides is 1. The molecular weight excluding hydrogens is 402 g/mol. The van der Waals surface area contributed by atoms with Crippen LogP contribution >= 0.6 is 23.1 Å². The summed E-state index contributed by atoms with van der Waals surface area (Å²) in [5, 5.41) is 4.83. The van der Waals surface area contributed by atoms with Crippen LogP contribution < -0.4 is 10.2 Å². The van der Waals surface area contributed by atoms with E-state index in [1.807, 2.05) is 32.0 Å². The van der Waals surface area contributed by atoms with Gasteiger partial charge in [0.15, 0.2) is 10.8 Å². The molecule has 3 aromatic rings. The number of thiazole rings is 1. The molecule has 0 spiro atoms. The van der Waals surface area contributed by atoms with Crippen molar-refractivity contribution < 1.29 is 4.79 Å². The van der Waals surface area contributed by atoms with Crippen LogP contribution in [-0.4, -0.2) is 39.7 Å². The Balaban J connectivity index is 1.46. The summed E-state index contributed by atoms with van der Waals surface area (Å²) >= 11 is 3.07. The molecule has 1 fully saturated rings. The maximum absolute atomic E-state index is 12.5. The van der Waals surface area contributed by atoms with Gasteiger partial charge in [-0.05, 0) is 49.8 Å². The summed E-state index contributed by atoms with van der Waals surface area (Å²) in [5.41, 5.74) is 3.76. The maximum Gasteiger partial charge on any atom is 0.234 e. The average molecular weight is 428 g/mol. The zero-order valence-electron chi connectivity index (χ0n) is 16.9. The molecule has 1 aromatic carbocycles. The van der Waals surface area contributed by atoms with E-state index in [-0.39, 0.29) is 5.91 Å². The van der Waals surface area contributed by atoms with Gasteiger partial charge in [0.25, 0.3) is 0 Å². The van der Waals surface area contributed by atoms with E-state index < -0.39 is 0 Å². The van der Waals surface area contributed by atoms with Crippen molar-refractivity contribution in [3.63, 3.8) is 0 Å². The number of carbonyl (C=O) groups is 1. The highest BCUT2D eigenvalue weighted by Crippen LogP contribution is 2.35. The summed E-state index contributed by atoms with van der Waals surface area (Å²) in [6.45, 7) is 8.38. The number of aryl methyl sites for hydroxylation is 2. The summed E-state index contributed by atoms with van der Waals surface area (Å²) in [4.78, 5) is 28.3. The molecule has 152 valence electrons. The number of thioether (sulfide) groups is 1. The number of carbonyl (C=O) groups excluding carboxylic acids is 1. The third-order valence-electron chi connectivity index (χ3n) is 5.08. The van der Waals surface area contributed by atoms with E-state index in [1.165, 1.54) is 30.9 Å². The van der Waals surface area contributed by atoms with Gasteiger partial charge in [-0.3, -0.25) is 4.79 Å². The number of nitrogens with zero attached hydrogens (tertiary/aromatic N) is 4. The molecule has 0 unspecified atom stereocenters. The van der Waals surface area contributed by atoms with Crippen LogP contribution in [0.3, 0.4) is 0 Å². The van der Waals surface area contributed by atoms with Gasteiger partial charge in [-0.1, -0.05) is 42.2 Å². The lowest BCUT2D eigenvalue weighted by Crippen LogP contribution is -2.34. The fraction of sp³-hybridized carbons (Fsp3) is 0.429. The van der Waals surface area contributed by atoms with Crippen LogP contribution in [0.25, 0.3) is 10.3 Å². The number of hydrogen-bond donors (Lipinski definition) is 1. The first-order valence-corrected chi connectivity index (χ1v) is 11.7. The SMILES string of the molecule is Cc1ccc(C)c(NC(=O)CSc2ncnc3nc(N4CCC[C@@H](C)C4)sc23)c1. The Hall–Kier alpha value is -2.19. The predicted octanol–water partition coefficient (Wildman–Crippen LogP) is 4.67. The van der Waals surface area contributed by atoms with Gasteiger partial charge in [-0.2, -0.15) is 4.98 Å². The van der Waals surface area contributed by atoms with Crippen molar-refractivity contribution in [2.75, 3.05) is 29.1 Å². The molecule has 1 saturated heterocycles. The Bertz CT molecular complexity index is 1040. The highest BCUT2D eigenvalue weighted by Gasteiger charge is 2.21. The first-order valence-electron chi connectivity index (χ1n) is 9.86. The zero-order chi connectivity index (χ0) is 20.4. The van der Waals surface area contributed by atoms with Gasteiger partial charge in [0.2, 0.25) is 5.91 Å². The monoisotopic (exact) mass is 427 g/mol. The molecule has 0 radical (unpaired) electrons. The van der Waals surface area contributed by atoms with E-state index >= 15 is 0 Å². The van der Waals surface area contributed by atoms with Crippen molar-refractivity contribution in [1.29, 1.82) is 0 Å². The molecule has 29 heavy (non-hydrogen) atoms. The van der Waals surface area contributed by atoms with Crippen molar-refractivity contribution in [3.8, 4) is 0 Å². The largest absolute Gasteiger partial charge is 0.348 e. The number of benzene rings is 1. The lowest BCUT2D eigenvalue weighted by atomic mass is 10.0. The Labute approximate surface area is 179 Å². The minimum absolute atomic E-state index is 0.0370. The fourth-order valence-electron chi connectivity index (χ4n) is 3.51. The Morgan fingerprint density at radius 3 is 3.03 bits per heavy atom. The first kappa shape index (κ1) is 20.1. The van der Waals surface area contributed by atoms with E-state index in [9.17, 15) is 4.79 Å². The first-order chi connectivity index (χ1) is 14.0. The van der Waals surface area contributed by atoms with Crippen molar-refractivity contribution >= 4 is 50.2 Å². The van der Waals surface area contributed by atoms with Crippen LogP contribution in [0.2, 0.25) is 0 Å². The molecule has 1 aliphatic rings.